The van der Waals surface area contributed by atoms with Crippen molar-refractivity contribution in [2.24, 2.45) is 0 Å². The molecule has 0 radical (unpaired) electrons. The summed E-state index contributed by atoms with van der Waals surface area (Å²) in [5.74, 6) is -0.808. The molecule has 1 aromatic heterocycles. The second-order valence-corrected chi connectivity index (χ2v) is 4.72. The molecule has 0 saturated heterocycles. The minimum absolute atomic E-state index is 0.0581. The molecule has 110 valence electrons. The van der Waals surface area contributed by atoms with Crippen molar-refractivity contribution in [3.63, 3.8) is 0 Å². The van der Waals surface area contributed by atoms with Gasteiger partial charge in [0.25, 0.3) is 5.91 Å². The number of halogens is 3. The van der Waals surface area contributed by atoms with E-state index in [9.17, 15) is 22.8 Å². The van der Waals surface area contributed by atoms with Gasteiger partial charge in [-0.3, -0.25) is 15.4 Å². The van der Waals surface area contributed by atoms with E-state index in [0.717, 1.165) is 35.6 Å². The lowest BCUT2D eigenvalue weighted by Gasteiger charge is -2.08. The molecule has 1 aromatic carbocycles. The second kappa shape index (κ2) is 5.92. The Morgan fingerprint density at radius 2 is 1.81 bits per heavy atom. The van der Waals surface area contributed by atoms with Crippen molar-refractivity contribution in [1.29, 1.82) is 0 Å². The summed E-state index contributed by atoms with van der Waals surface area (Å²) in [6.07, 6.45) is -3.00. The molecule has 0 spiro atoms. The Morgan fingerprint density at radius 1 is 1.14 bits per heavy atom. The molecule has 2 rings (SSSR count). The molecular weight excluding hydrogens is 307 g/mol. The zero-order chi connectivity index (χ0) is 15.5. The van der Waals surface area contributed by atoms with Crippen LogP contribution in [-0.4, -0.2) is 16.9 Å². The number of hydrogen-bond acceptors (Lipinski definition) is 4. The van der Waals surface area contributed by atoms with E-state index in [4.69, 9.17) is 0 Å². The van der Waals surface area contributed by atoms with Crippen molar-refractivity contribution in [1.82, 2.24) is 10.3 Å². The van der Waals surface area contributed by atoms with Crippen molar-refractivity contribution >= 4 is 28.4 Å². The standard InChI is InChI=1S/C12H8F3N3O2S/c13-12(14,15)8-3-1-7(2-4-8)9(19)17-10(20)18-11-16-5-6-21-11/h1-6H,(H2,16,17,18,19,20). The predicted molar refractivity (Wildman–Crippen MR) is 70.0 cm³/mol. The number of imide groups is 1. The molecule has 5 nitrogen and oxygen atoms in total. The molecule has 0 atom stereocenters. The molecule has 21 heavy (non-hydrogen) atoms. The molecule has 3 amide bonds. The third-order valence-electron chi connectivity index (χ3n) is 2.35. The molecule has 0 saturated carbocycles. The van der Waals surface area contributed by atoms with E-state index in [2.05, 4.69) is 10.3 Å². The van der Waals surface area contributed by atoms with Crippen LogP contribution in [0.5, 0.6) is 0 Å². The summed E-state index contributed by atoms with van der Waals surface area (Å²) in [5.41, 5.74) is -0.927. The van der Waals surface area contributed by atoms with Gasteiger partial charge in [0, 0.05) is 17.1 Å². The maximum atomic E-state index is 12.4. The number of nitrogens with one attached hydrogen (secondary N) is 2. The summed E-state index contributed by atoms with van der Waals surface area (Å²) in [7, 11) is 0. The zero-order valence-corrected chi connectivity index (χ0v) is 11.1. The second-order valence-electron chi connectivity index (χ2n) is 3.82. The fourth-order valence-electron chi connectivity index (χ4n) is 1.40. The molecule has 0 bridgehead atoms. The van der Waals surface area contributed by atoms with Crippen molar-refractivity contribution in [3.05, 3.63) is 47.0 Å². The molecule has 1 heterocycles. The van der Waals surface area contributed by atoms with Gasteiger partial charge < -0.3 is 0 Å². The Morgan fingerprint density at radius 3 is 2.33 bits per heavy atom. The molecular formula is C12H8F3N3O2S. The van der Waals surface area contributed by atoms with Crippen LogP contribution in [0, 0.1) is 0 Å². The lowest BCUT2D eigenvalue weighted by atomic mass is 10.1. The summed E-state index contributed by atoms with van der Waals surface area (Å²) in [4.78, 5) is 26.9. The summed E-state index contributed by atoms with van der Waals surface area (Å²) in [5, 5.41) is 6.23. The molecule has 0 aliphatic rings. The lowest BCUT2D eigenvalue weighted by Crippen LogP contribution is -2.34. The summed E-state index contributed by atoms with van der Waals surface area (Å²) in [6, 6.07) is 2.72. The van der Waals surface area contributed by atoms with Crippen LogP contribution >= 0.6 is 11.3 Å². The Kier molecular flexibility index (Phi) is 4.22. The van der Waals surface area contributed by atoms with Gasteiger partial charge in [0.05, 0.1) is 5.56 Å². The highest BCUT2D eigenvalue weighted by Gasteiger charge is 2.30. The van der Waals surface area contributed by atoms with E-state index in [1.54, 1.807) is 5.38 Å². The number of aromatic nitrogens is 1. The van der Waals surface area contributed by atoms with E-state index in [1.807, 2.05) is 5.32 Å². The van der Waals surface area contributed by atoms with Crippen molar-refractivity contribution < 1.29 is 22.8 Å². The van der Waals surface area contributed by atoms with E-state index in [-0.39, 0.29) is 5.56 Å². The van der Waals surface area contributed by atoms with Crippen molar-refractivity contribution in [3.8, 4) is 0 Å². The molecule has 2 N–H and O–H groups in total. The number of alkyl halides is 3. The average Bonchev–Trinajstić information content (AvgIpc) is 2.90. The Hall–Kier alpha value is -2.42. The number of rotatable bonds is 2. The smallest absolute Gasteiger partial charge is 0.283 e. The largest absolute Gasteiger partial charge is 0.416 e. The van der Waals surface area contributed by atoms with Crippen LogP contribution in [0.2, 0.25) is 0 Å². The first kappa shape index (κ1) is 15.0. The Bertz CT molecular complexity index is 639. The van der Waals surface area contributed by atoms with Crippen LogP contribution < -0.4 is 10.6 Å². The van der Waals surface area contributed by atoms with Crippen LogP contribution in [0.25, 0.3) is 0 Å². The Labute approximate surface area is 120 Å². The third-order valence-corrected chi connectivity index (χ3v) is 3.04. The third kappa shape index (κ3) is 4.02. The van der Waals surface area contributed by atoms with E-state index < -0.39 is 23.7 Å². The molecule has 0 fully saturated rings. The fraction of sp³-hybridized carbons (Fsp3) is 0.0833. The SMILES string of the molecule is O=C(NC(=O)c1ccc(C(F)(F)F)cc1)Nc1nccs1. The molecule has 2 aromatic rings. The van der Waals surface area contributed by atoms with E-state index in [1.165, 1.54) is 6.20 Å². The number of nitrogens with zero attached hydrogens (tertiary/aromatic N) is 1. The first-order valence-electron chi connectivity index (χ1n) is 5.55. The van der Waals surface area contributed by atoms with Crippen LogP contribution in [0.4, 0.5) is 23.1 Å². The van der Waals surface area contributed by atoms with Gasteiger partial charge in [0.2, 0.25) is 0 Å². The van der Waals surface area contributed by atoms with Crippen molar-refractivity contribution in [2.75, 3.05) is 5.32 Å². The summed E-state index contributed by atoms with van der Waals surface area (Å²) in [6.45, 7) is 0. The topological polar surface area (TPSA) is 71.1 Å². The average molecular weight is 315 g/mol. The number of anilines is 1. The van der Waals surface area contributed by atoms with Crippen LogP contribution in [-0.2, 0) is 6.18 Å². The van der Waals surface area contributed by atoms with Gasteiger partial charge in [0.15, 0.2) is 5.13 Å². The van der Waals surface area contributed by atoms with Gasteiger partial charge in [-0.05, 0) is 24.3 Å². The van der Waals surface area contributed by atoms with Crippen LogP contribution in [0.1, 0.15) is 15.9 Å². The number of urea groups is 1. The highest BCUT2D eigenvalue weighted by Crippen LogP contribution is 2.29. The van der Waals surface area contributed by atoms with Gasteiger partial charge in [-0.15, -0.1) is 11.3 Å². The number of hydrogen-bond donors (Lipinski definition) is 2. The maximum Gasteiger partial charge on any atom is 0.416 e. The Balaban J connectivity index is 1.98. The molecule has 0 unspecified atom stereocenters. The highest BCUT2D eigenvalue weighted by atomic mass is 32.1. The lowest BCUT2D eigenvalue weighted by molar-refractivity contribution is -0.137. The number of carbonyl (C=O) groups is 2. The first-order valence-corrected chi connectivity index (χ1v) is 6.43. The first-order chi connectivity index (χ1) is 9.86. The van der Waals surface area contributed by atoms with Gasteiger partial charge in [-0.1, -0.05) is 0 Å². The minimum Gasteiger partial charge on any atom is -0.283 e. The van der Waals surface area contributed by atoms with Crippen molar-refractivity contribution in [2.45, 2.75) is 6.18 Å². The number of carbonyl (C=O) groups excluding carboxylic acids is 2. The normalized spacial score (nSPS) is 11.0. The molecule has 9 heteroatoms. The number of benzene rings is 1. The zero-order valence-electron chi connectivity index (χ0n) is 10.3. The van der Waals surface area contributed by atoms with Gasteiger partial charge in [0.1, 0.15) is 0 Å². The predicted octanol–water partition coefficient (Wildman–Crippen LogP) is 3.12. The molecule has 0 aliphatic heterocycles. The van der Waals surface area contributed by atoms with Crippen LogP contribution in [0.3, 0.4) is 0 Å². The summed E-state index contributed by atoms with van der Waals surface area (Å²) >= 11 is 1.16. The van der Waals surface area contributed by atoms with E-state index >= 15 is 0 Å². The van der Waals surface area contributed by atoms with Gasteiger partial charge in [-0.2, -0.15) is 13.2 Å². The summed E-state index contributed by atoms with van der Waals surface area (Å²) < 4.78 is 37.1. The number of thiazole rings is 1. The monoisotopic (exact) mass is 315 g/mol. The van der Waals surface area contributed by atoms with Gasteiger partial charge in [-0.25, -0.2) is 9.78 Å². The quantitative estimate of drug-likeness (QED) is 0.894. The fourth-order valence-corrected chi connectivity index (χ4v) is 1.92. The molecule has 0 aliphatic carbocycles. The van der Waals surface area contributed by atoms with E-state index in [0.29, 0.717) is 5.13 Å². The maximum absolute atomic E-state index is 12.4. The van der Waals surface area contributed by atoms with Crippen LogP contribution in [0.15, 0.2) is 35.8 Å². The minimum atomic E-state index is -4.47. The van der Waals surface area contributed by atoms with Gasteiger partial charge >= 0.3 is 12.2 Å². The highest BCUT2D eigenvalue weighted by molar-refractivity contribution is 7.13. The number of amides is 3.